The summed E-state index contributed by atoms with van der Waals surface area (Å²) in [5.74, 6) is 1.06. The molecule has 1 fully saturated rings. The third-order valence-electron chi connectivity index (χ3n) is 4.70. The second kappa shape index (κ2) is 7.73. The number of imidazole rings is 1. The molecule has 0 bridgehead atoms. The number of methoxy groups -OCH3 is 1. The zero-order valence-electron chi connectivity index (χ0n) is 14.0. The van der Waals surface area contributed by atoms with Crippen LogP contribution >= 0.6 is 0 Å². The van der Waals surface area contributed by atoms with Crippen molar-refractivity contribution in [3.05, 3.63) is 54.1 Å². The fraction of sp³-hybridized carbons (Fsp3) is 0.500. The highest BCUT2D eigenvalue weighted by Crippen LogP contribution is 2.25. The molecule has 3 rings (SSSR count). The SMILES string of the molecule is CCN1CCN(C[C@H](OC)c2ccccc2)C[C@@H]1c1ncc[nH]1. The first-order chi connectivity index (χ1) is 11.3. The first-order valence-corrected chi connectivity index (χ1v) is 8.35. The van der Waals surface area contributed by atoms with Gasteiger partial charge in [0.1, 0.15) is 5.82 Å². The third-order valence-corrected chi connectivity index (χ3v) is 4.70. The third kappa shape index (κ3) is 3.80. The largest absolute Gasteiger partial charge is 0.375 e. The van der Waals surface area contributed by atoms with Gasteiger partial charge in [0.25, 0.3) is 0 Å². The maximum atomic E-state index is 5.74. The van der Waals surface area contributed by atoms with E-state index in [4.69, 9.17) is 4.74 Å². The highest BCUT2D eigenvalue weighted by molar-refractivity contribution is 5.18. The van der Waals surface area contributed by atoms with E-state index in [-0.39, 0.29) is 6.10 Å². The molecule has 2 heterocycles. The van der Waals surface area contributed by atoms with Crippen molar-refractivity contribution in [2.24, 2.45) is 0 Å². The lowest BCUT2D eigenvalue weighted by molar-refractivity contribution is 0.0200. The van der Waals surface area contributed by atoms with Crippen molar-refractivity contribution in [1.82, 2.24) is 19.8 Å². The number of H-pyrrole nitrogens is 1. The number of aromatic amines is 1. The lowest BCUT2D eigenvalue weighted by atomic mass is 10.1. The van der Waals surface area contributed by atoms with E-state index in [1.807, 2.05) is 18.5 Å². The monoisotopic (exact) mass is 314 g/mol. The molecule has 1 aliphatic rings. The number of rotatable bonds is 6. The van der Waals surface area contributed by atoms with E-state index in [2.05, 4.69) is 51.0 Å². The van der Waals surface area contributed by atoms with E-state index in [9.17, 15) is 0 Å². The van der Waals surface area contributed by atoms with Gasteiger partial charge < -0.3 is 9.72 Å². The van der Waals surface area contributed by atoms with Gasteiger partial charge in [-0.25, -0.2) is 4.98 Å². The van der Waals surface area contributed by atoms with Crippen LogP contribution in [0.3, 0.4) is 0 Å². The molecule has 5 heteroatoms. The van der Waals surface area contributed by atoms with Crippen LogP contribution in [-0.4, -0.2) is 59.6 Å². The minimum atomic E-state index is 0.113. The van der Waals surface area contributed by atoms with Crippen molar-refractivity contribution in [2.75, 3.05) is 39.8 Å². The molecule has 2 aromatic rings. The molecule has 1 aromatic heterocycles. The van der Waals surface area contributed by atoms with Crippen molar-refractivity contribution >= 4 is 0 Å². The lowest BCUT2D eigenvalue weighted by Crippen LogP contribution is -2.49. The van der Waals surface area contributed by atoms with Gasteiger partial charge >= 0.3 is 0 Å². The highest BCUT2D eigenvalue weighted by Gasteiger charge is 2.30. The smallest absolute Gasteiger partial charge is 0.124 e. The average Bonchev–Trinajstić information content (AvgIpc) is 3.14. The van der Waals surface area contributed by atoms with Gasteiger partial charge in [-0.15, -0.1) is 0 Å². The standard InChI is InChI=1S/C18H26N4O/c1-3-22-12-11-21(13-16(22)18-19-9-10-20-18)14-17(23-2)15-7-5-4-6-8-15/h4-10,16-17H,3,11-14H2,1-2H3,(H,19,20)/t16-,17+/m1/s1. The molecule has 1 N–H and O–H groups in total. The number of hydrogen-bond donors (Lipinski definition) is 1. The summed E-state index contributed by atoms with van der Waals surface area (Å²) in [6.07, 6.45) is 3.86. The second-order valence-electron chi connectivity index (χ2n) is 6.01. The fourth-order valence-corrected chi connectivity index (χ4v) is 3.36. The zero-order chi connectivity index (χ0) is 16.1. The topological polar surface area (TPSA) is 44.4 Å². The van der Waals surface area contributed by atoms with Crippen LogP contribution in [0.2, 0.25) is 0 Å². The van der Waals surface area contributed by atoms with Crippen LogP contribution in [0.5, 0.6) is 0 Å². The maximum Gasteiger partial charge on any atom is 0.124 e. The Hall–Kier alpha value is -1.69. The molecule has 5 nitrogen and oxygen atoms in total. The van der Waals surface area contributed by atoms with Gasteiger partial charge in [-0.05, 0) is 12.1 Å². The molecule has 0 saturated carbocycles. The summed E-state index contributed by atoms with van der Waals surface area (Å²) < 4.78 is 5.74. The van der Waals surface area contributed by atoms with Crippen LogP contribution in [0, 0.1) is 0 Å². The molecule has 1 aliphatic heterocycles. The molecule has 0 spiro atoms. The summed E-state index contributed by atoms with van der Waals surface area (Å²) in [7, 11) is 1.80. The summed E-state index contributed by atoms with van der Waals surface area (Å²) in [5.41, 5.74) is 1.24. The number of aromatic nitrogens is 2. The van der Waals surface area contributed by atoms with Crippen molar-refractivity contribution in [2.45, 2.75) is 19.1 Å². The zero-order valence-corrected chi connectivity index (χ0v) is 14.0. The quantitative estimate of drug-likeness (QED) is 0.890. The molecule has 23 heavy (non-hydrogen) atoms. The molecule has 0 unspecified atom stereocenters. The number of piperazine rings is 1. The van der Waals surface area contributed by atoms with Gasteiger partial charge in [-0.2, -0.15) is 0 Å². The minimum Gasteiger partial charge on any atom is -0.375 e. The predicted molar refractivity (Wildman–Crippen MR) is 91.2 cm³/mol. The molecular weight excluding hydrogens is 288 g/mol. The van der Waals surface area contributed by atoms with Crippen LogP contribution in [0.25, 0.3) is 0 Å². The second-order valence-corrected chi connectivity index (χ2v) is 6.01. The van der Waals surface area contributed by atoms with E-state index in [1.165, 1.54) is 5.56 Å². The maximum absolute atomic E-state index is 5.74. The highest BCUT2D eigenvalue weighted by atomic mass is 16.5. The van der Waals surface area contributed by atoms with E-state index in [1.54, 1.807) is 7.11 Å². The fourth-order valence-electron chi connectivity index (χ4n) is 3.36. The number of hydrogen-bond acceptors (Lipinski definition) is 4. The molecule has 0 radical (unpaired) electrons. The normalized spacial score (nSPS) is 21.4. The Morgan fingerprint density at radius 3 is 2.78 bits per heavy atom. The lowest BCUT2D eigenvalue weighted by Gasteiger charge is -2.41. The summed E-state index contributed by atoms with van der Waals surface area (Å²) in [6, 6.07) is 10.8. The molecule has 124 valence electrons. The number of nitrogens with zero attached hydrogens (tertiary/aromatic N) is 3. The molecule has 1 saturated heterocycles. The first-order valence-electron chi connectivity index (χ1n) is 8.35. The van der Waals surface area contributed by atoms with Crippen LogP contribution in [0.1, 0.15) is 30.5 Å². The Kier molecular flexibility index (Phi) is 5.43. The van der Waals surface area contributed by atoms with Crippen LogP contribution in [-0.2, 0) is 4.74 Å². The van der Waals surface area contributed by atoms with Crippen LogP contribution < -0.4 is 0 Å². The number of nitrogens with one attached hydrogen (secondary N) is 1. The summed E-state index contributed by atoms with van der Waals surface area (Å²) >= 11 is 0. The Bertz CT molecular complexity index is 570. The number of benzene rings is 1. The molecular formula is C18H26N4O. The number of likely N-dealkylation sites (N-methyl/N-ethyl adjacent to an activating group) is 1. The molecule has 2 atom stereocenters. The van der Waals surface area contributed by atoms with Crippen LogP contribution in [0.4, 0.5) is 0 Å². The van der Waals surface area contributed by atoms with Gasteiger partial charge in [0.2, 0.25) is 0 Å². The first kappa shape index (κ1) is 16.2. The summed E-state index contributed by atoms with van der Waals surface area (Å²) in [4.78, 5) is 12.7. The Labute approximate surface area is 138 Å². The summed E-state index contributed by atoms with van der Waals surface area (Å²) in [6.45, 7) is 7.29. The minimum absolute atomic E-state index is 0.113. The van der Waals surface area contributed by atoms with Crippen LogP contribution in [0.15, 0.2) is 42.7 Å². The molecule has 1 aromatic carbocycles. The van der Waals surface area contributed by atoms with Gasteiger partial charge in [0, 0.05) is 45.7 Å². The Morgan fingerprint density at radius 2 is 2.13 bits per heavy atom. The van der Waals surface area contributed by atoms with E-state index in [0.29, 0.717) is 6.04 Å². The Morgan fingerprint density at radius 1 is 1.30 bits per heavy atom. The van der Waals surface area contributed by atoms with E-state index >= 15 is 0 Å². The van der Waals surface area contributed by atoms with E-state index < -0.39 is 0 Å². The van der Waals surface area contributed by atoms with Gasteiger partial charge in [-0.3, -0.25) is 9.80 Å². The van der Waals surface area contributed by atoms with Gasteiger partial charge in [0.05, 0.1) is 12.1 Å². The Balaban J connectivity index is 1.69. The van der Waals surface area contributed by atoms with Gasteiger partial charge in [0.15, 0.2) is 0 Å². The van der Waals surface area contributed by atoms with Gasteiger partial charge in [-0.1, -0.05) is 37.3 Å². The number of ether oxygens (including phenoxy) is 1. The summed E-state index contributed by atoms with van der Waals surface area (Å²) in [5, 5.41) is 0. The predicted octanol–water partition coefficient (Wildman–Crippen LogP) is 2.48. The van der Waals surface area contributed by atoms with Crippen molar-refractivity contribution in [3.8, 4) is 0 Å². The van der Waals surface area contributed by atoms with Crippen molar-refractivity contribution in [3.63, 3.8) is 0 Å². The molecule has 0 aliphatic carbocycles. The van der Waals surface area contributed by atoms with Crippen molar-refractivity contribution < 1.29 is 4.74 Å². The van der Waals surface area contributed by atoms with Crippen molar-refractivity contribution in [1.29, 1.82) is 0 Å². The van der Waals surface area contributed by atoms with E-state index in [0.717, 1.165) is 38.5 Å². The average molecular weight is 314 g/mol. The molecule has 0 amide bonds.